The fourth-order valence-electron chi connectivity index (χ4n) is 1.12. The molecule has 160 valence electrons. The van der Waals surface area contributed by atoms with Gasteiger partial charge in [0.2, 0.25) is 5.76 Å². The average Bonchev–Trinajstić information content (AvgIpc) is 2.48. The summed E-state index contributed by atoms with van der Waals surface area (Å²) in [5.74, 6) is -5.34. The van der Waals surface area contributed by atoms with Gasteiger partial charge in [-0.25, -0.2) is 0 Å². The quantitative estimate of drug-likeness (QED) is 0.155. The van der Waals surface area contributed by atoms with Crippen LogP contribution < -0.4 is 0 Å². The number of hydrogen-bond donors (Lipinski definition) is 1. The molecule has 0 rings (SSSR count). The SMILES string of the molecule is C=CCC[Si](OC)(OC)OC.O=C(C=C(O)C(F)(F)F)C(F)(F)F.[CH3-].[Cu+]. The molecule has 0 amide bonds. The van der Waals surface area contributed by atoms with Crippen LogP contribution in [-0.2, 0) is 35.1 Å². The molecule has 0 aliphatic carbocycles. The van der Waals surface area contributed by atoms with Crippen LogP contribution in [0.25, 0.3) is 0 Å². The van der Waals surface area contributed by atoms with Crippen LogP contribution in [0.5, 0.6) is 0 Å². The first-order valence-corrected chi connectivity index (χ1v) is 8.08. The van der Waals surface area contributed by atoms with E-state index in [1.165, 1.54) is 0 Å². The van der Waals surface area contributed by atoms with Gasteiger partial charge in [0.1, 0.15) is 0 Å². The minimum atomic E-state index is -5.42. The summed E-state index contributed by atoms with van der Waals surface area (Å²) in [6, 6.07) is 0.792. The van der Waals surface area contributed by atoms with E-state index in [2.05, 4.69) is 6.58 Å². The van der Waals surface area contributed by atoms with Gasteiger partial charge in [-0.1, -0.05) is 6.08 Å². The summed E-state index contributed by atoms with van der Waals surface area (Å²) in [4.78, 5) is 9.86. The molecule has 0 aromatic rings. The third-order valence-corrected chi connectivity index (χ3v) is 5.19. The van der Waals surface area contributed by atoms with Crippen molar-refractivity contribution in [3.8, 4) is 0 Å². The van der Waals surface area contributed by atoms with Crippen molar-refractivity contribution in [1.29, 1.82) is 0 Å². The normalized spacial score (nSPS) is 12.1. The molecule has 0 saturated heterocycles. The summed E-state index contributed by atoms with van der Waals surface area (Å²) in [6.07, 6.45) is -8.99. The Morgan fingerprint density at radius 2 is 1.42 bits per heavy atom. The maximum atomic E-state index is 11.4. The minimum Gasteiger partial charge on any atom is -0.504 e. The van der Waals surface area contributed by atoms with Crippen molar-refractivity contribution >= 4 is 14.6 Å². The molecular formula is C13H21CuF6O5Si. The van der Waals surface area contributed by atoms with Crippen molar-refractivity contribution in [1.82, 2.24) is 0 Å². The van der Waals surface area contributed by atoms with Crippen LogP contribution in [0.15, 0.2) is 24.5 Å². The molecular weight excluding hydrogens is 442 g/mol. The molecule has 0 radical (unpaired) electrons. The number of carbonyl (C=O) groups is 1. The predicted molar refractivity (Wildman–Crippen MR) is 80.6 cm³/mol. The van der Waals surface area contributed by atoms with Gasteiger partial charge >= 0.3 is 38.2 Å². The Kier molecular flexibility index (Phi) is 18.0. The zero-order valence-corrected chi connectivity index (χ0v) is 16.4. The first-order chi connectivity index (χ1) is 10.8. The molecule has 1 N–H and O–H groups in total. The van der Waals surface area contributed by atoms with Crippen LogP contribution in [0.2, 0.25) is 6.04 Å². The first-order valence-electron chi connectivity index (χ1n) is 6.15. The van der Waals surface area contributed by atoms with Gasteiger partial charge in [0.05, 0.1) is 0 Å². The van der Waals surface area contributed by atoms with Crippen molar-refractivity contribution in [2.24, 2.45) is 0 Å². The summed E-state index contributed by atoms with van der Waals surface area (Å²) < 4.78 is 83.6. The van der Waals surface area contributed by atoms with Crippen molar-refractivity contribution in [3.63, 3.8) is 0 Å². The minimum absolute atomic E-state index is 0. The molecule has 26 heavy (non-hydrogen) atoms. The molecule has 0 saturated carbocycles. The Morgan fingerprint density at radius 1 is 1.04 bits per heavy atom. The van der Waals surface area contributed by atoms with Crippen LogP contribution in [0, 0.1) is 7.43 Å². The number of halogens is 6. The summed E-state index contributed by atoms with van der Waals surface area (Å²) in [5, 5.41) is 7.93. The van der Waals surface area contributed by atoms with E-state index in [0.717, 1.165) is 12.5 Å². The molecule has 0 aliphatic rings. The fraction of sp³-hybridized carbons (Fsp3) is 0.538. The number of hydrogen-bond acceptors (Lipinski definition) is 5. The van der Waals surface area contributed by atoms with E-state index >= 15 is 0 Å². The van der Waals surface area contributed by atoms with Gasteiger partial charge < -0.3 is 25.8 Å². The van der Waals surface area contributed by atoms with E-state index in [-0.39, 0.29) is 24.5 Å². The van der Waals surface area contributed by atoms with Crippen molar-refractivity contribution in [2.75, 3.05) is 21.3 Å². The number of rotatable bonds is 7. The number of alkyl halides is 6. The monoisotopic (exact) mass is 462 g/mol. The van der Waals surface area contributed by atoms with Gasteiger partial charge in [-0.15, -0.1) is 6.58 Å². The summed E-state index contributed by atoms with van der Waals surface area (Å²) in [6.45, 7) is 3.62. The van der Waals surface area contributed by atoms with E-state index in [0.29, 0.717) is 0 Å². The van der Waals surface area contributed by atoms with E-state index in [9.17, 15) is 31.1 Å². The largest absolute Gasteiger partial charge is 1.00 e. The molecule has 13 heteroatoms. The molecule has 0 atom stereocenters. The zero-order valence-electron chi connectivity index (χ0n) is 14.4. The van der Waals surface area contributed by atoms with Gasteiger partial charge in [0.25, 0.3) is 5.78 Å². The molecule has 0 spiro atoms. The van der Waals surface area contributed by atoms with Crippen LogP contribution in [0.1, 0.15) is 6.42 Å². The smallest absolute Gasteiger partial charge is 0.504 e. The molecule has 0 heterocycles. The Balaban J connectivity index is -0.000000175. The second-order valence-corrected chi connectivity index (χ2v) is 7.10. The molecule has 0 aliphatic heterocycles. The van der Waals surface area contributed by atoms with Gasteiger partial charge in [-0.3, -0.25) is 4.79 Å². The number of allylic oxidation sites excluding steroid dienone is 3. The van der Waals surface area contributed by atoms with Crippen LogP contribution in [0.4, 0.5) is 26.3 Å². The third kappa shape index (κ3) is 13.4. The Morgan fingerprint density at radius 3 is 1.65 bits per heavy atom. The second-order valence-electron chi connectivity index (χ2n) is 4.01. The van der Waals surface area contributed by atoms with Gasteiger partial charge in [0.15, 0.2) is 0 Å². The van der Waals surface area contributed by atoms with Crippen LogP contribution in [0.3, 0.4) is 0 Å². The Bertz CT molecular complexity index is 427. The molecule has 5 nitrogen and oxygen atoms in total. The van der Waals surface area contributed by atoms with Gasteiger partial charge in [0, 0.05) is 33.4 Å². The van der Waals surface area contributed by atoms with E-state index in [1.54, 1.807) is 21.3 Å². The topological polar surface area (TPSA) is 65.0 Å². The average molecular weight is 463 g/mol. The van der Waals surface area contributed by atoms with Gasteiger partial charge in [-0.2, -0.15) is 26.3 Å². The number of aliphatic hydroxyl groups excluding tert-OH is 1. The molecule has 0 aromatic carbocycles. The fourth-order valence-corrected chi connectivity index (χ4v) is 2.79. The van der Waals surface area contributed by atoms with E-state index in [4.69, 9.17) is 18.4 Å². The molecule has 0 fully saturated rings. The van der Waals surface area contributed by atoms with Crippen molar-refractivity contribution < 1.29 is 66.6 Å². The van der Waals surface area contributed by atoms with E-state index in [1.807, 2.05) is 6.08 Å². The number of ketones is 1. The first kappa shape index (κ1) is 32.8. The maximum Gasteiger partial charge on any atom is 1.00 e. The Labute approximate surface area is 159 Å². The van der Waals surface area contributed by atoms with Crippen LogP contribution in [-0.4, -0.2) is 53.4 Å². The predicted octanol–water partition coefficient (Wildman–Crippen LogP) is 4.01. The van der Waals surface area contributed by atoms with Crippen LogP contribution >= 0.6 is 0 Å². The van der Waals surface area contributed by atoms with Crippen molar-refractivity contribution in [2.45, 2.75) is 24.8 Å². The van der Waals surface area contributed by atoms with E-state index < -0.39 is 38.8 Å². The summed E-state index contributed by atoms with van der Waals surface area (Å²) in [5.41, 5.74) is 0. The maximum absolute atomic E-state index is 11.4. The summed E-state index contributed by atoms with van der Waals surface area (Å²) >= 11 is 0. The number of carbonyl (C=O) groups excluding carboxylic acids is 1. The molecule has 0 aromatic heterocycles. The van der Waals surface area contributed by atoms with Gasteiger partial charge in [-0.05, 0) is 6.42 Å². The summed E-state index contributed by atoms with van der Waals surface area (Å²) in [7, 11) is 2.53. The van der Waals surface area contributed by atoms with Crippen molar-refractivity contribution in [3.05, 3.63) is 31.9 Å². The number of aliphatic hydroxyl groups is 1. The zero-order chi connectivity index (χ0) is 19.6. The Hall–Kier alpha value is -0.854. The third-order valence-electron chi connectivity index (χ3n) is 2.43. The molecule has 0 unspecified atom stereocenters. The molecule has 0 bridgehead atoms. The standard InChI is InChI=1S/C7H16O3Si.C5H2F6O2.CH3.Cu/c1-5-6-7-11(8-2,9-3)10-4;6-4(7,8)2(12)1-3(13)5(9,10)11;;/h5H,1,6-7H2,2-4H3;1,12H;1H3;/q;;-1;+1. The second kappa shape index (κ2) is 14.2.